The maximum absolute atomic E-state index is 12.1. The smallest absolute Gasteiger partial charge is 0.244 e. The van der Waals surface area contributed by atoms with Crippen LogP contribution in [0.4, 0.5) is 0 Å². The van der Waals surface area contributed by atoms with Crippen molar-refractivity contribution in [2.45, 2.75) is 27.2 Å². The number of hydrogen-bond acceptors (Lipinski definition) is 3. The standard InChI is InChI=1S/C23H25N3O2/c1-16-7-5-9-21(11-16)26-17(2)12-20(18(26)3)15-24-25-23(27)14-19-8-6-10-22(13-19)28-4/h5-13,15H,14H2,1-4H3,(H,25,27)/b24-15+. The summed E-state index contributed by atoms with van der Waals surface area (Å²) in [6.07, 6.45) is 1.94. The molecule has 1 N–H and O–H groups in total. The Morgan fingerprint density at radius 1 is 1.11 bits per heavy atom. The number of rotatable bonds is 6. The van der Waals surface area contributed by atoms with E-state index in [1.807, 2.05) is 24.3 Å². The number of aromatic nitrogens is 1. The number of hydrogen-bond donors (Lipinski definition) is 1. The molecule has 1 heterocycles. The van der Waals surface area contributed by atoms with Crippen LogP contribution in [-0.4, -0.2) is 23.8 Å². The number of methoxy groups -OCH3 is 1. The third-order valence-electron chi connectivity index (χ3n) is 4.62. The number of hydrazone groups is 1. The lowest BCUT2D eigenvalue weighted by Gasteiger charge is -2.10. The number of benzene rings is 2. The molecule has 0 aliphatic rings. The van der Waals surface area contributed by atoms with Gasteiger partial charge in [-0.3, -0.25) is 4.79 Å². The van der Waals surface area contributed by atoms with E-state index in [9.17, 15) is 4.79 Å². The van der Waals surface area contributed by atoms with Gasteiger partial charge < -0.3 is 9.30 Å². The Kier molecular flexibility index (Phi) is 5.94. The molecule has 0 unspecified atom stereocenters. The Balaban J connectivity index is 1.69. The molecule has 3 aromatic rings. The van der Waals surface area contributed by atoms with Crippen LogP contribution < -0.4 is 10.2 Å². The highest BCUT2D eigenvalue weighted by Crippen LogP contribution is 2.20. The molecule has 3 rings (SSSR count). The van der Waals surface area contributed by atoms with Gasteiger partial charge in [-0.1, -0.05) is 24.3 Å². The van der Waals surface area contributed by atoms with E-state index < -0.39 is 0 Å². The van der Waals surface area contributed by atoms with Gasteiger partial charge in [0.25, 0.3) is 0 Å². The number of amides is 1. The molecule has 1 amide bonds. The average molecular weight is 375 g/mol. The van der Waals surface area contributed by atoms with Gasteiger partial charge in [0.15, 0.2) is 0 Å². The maximum Gasteiger partial charge on any atom is 0.244 e. The molecular formula is C23H25N3O2. The van der Waals surface area contributed by atoms with Crippen molar-refractivity contribution in [2.24, 2.45) is 5.10 Å². The third-order valence-corrected chi connectivity index (χ3v) is 4.62. The maximum atomic E-state index is 12.1. The molecule has 0 radical (unpaired) electrons. The van der Waals surface area contributed by atoms with Crippen LogP contribution in [0, 0.1) is 20.8 Å². The molecule has 5 nitrogen and oxygen atoms in total. The van der Waals surface area contributed by atoms with Crippen molar-refractivity contribution < 1.29 is 9.53 Å². The molecule has 5 heteroatoms. The fraction of sp³-hybridized carbons (Fsp3) is 0.217. The summed E-state index contributed by atoms with van der Waals surface area (Å²) < 4.78 is 7.37. The van der Waals surface area contributed by atoms with Crippen LogP contribution in [-0.2, 0) is 11.2 Å². The lowest BCUT2D eigenvalue weighted by atomic mass is 10.1. The van der Waals surface area contributed by atoms with E-state index in [0.29, 0.717) is 0 Å². The van der Waals surface area contributed by atoms with E-state index in [2.05, 4.69) is 66.2 Å². The zero-order valence-electron chi connectivity index (χ0n) is 16.7. The molecular weight excluding hydrogens is 350 g/mol. The van der Waals surface area contributed by atoms with Crippen LogP contribution in [0.3, 0.4) is 0 Å². The first-order valence-corrected chi connectivity index (χ1v) is 9.18. The predicted molar refractivity (Wildman–Crippen MR) is 112 cm³/mol. The zero-order chi connectivity index (χ0) is 20.1. The second-order valence-electron chi connectivity index (χ2n) is 6.82. The van der Waals surface area contributed by atoms with Crippen LogP contribution >= 0.6 is 0 Å². The Bertz CT molecular complexity index is 1020. The average Bonchev–Trinajstić information content (AvgIpc) is 2.95. The topological polar surface area (TPSA) is 55.6 Å². The van der Waals surface area contributed by atoms with Gasteiger partial charge in [-0.25, -0.2) is 5.43 Å². The number of carbonyl (C=O) groups excluding carboxylic acids is 1. The molecule has 0 saturated heterocycles. The Hall–Kier alpha value is -3.34. The van der Waals surface area contributed by atoms with E-state index in [1.54, 1.807) is 13.3 Å². The van der Waals surface area contributed by atoms with Crippen molar-refractivity contribution >= 4 is 12.1 Å². The van der Waals surface area contributed by atoms with Gasteiger partial charge in [0.05, 0.1) is 19.7 Å². The van der Waals surface area contributed by atoms with Crippen molar-refractivity contribution in [2.75, 3.05) is 7.11 Å². The first-order chi connectivity index (χ1) is 13.5. The van der Waals surface area contributed by atoms with Gasteiger partial charge in [-0.2, -0.15) is 5.10 Å². The zero-order valence-corrected chi connectivity index (χ0v) is 16.7. The van der Waals surface area contributed by atoms with Gasteiger partial charge in [0, 0.05) is 22.6 Å². The normalized spacial score (nSPS) is 11.0. The quantitative estimate of drug-likeness (QED) is 0.521. The summed E-state index contributed by atoms with van der Waals surface area (Å²) in [5.41, 5.74) is 8.99. The van der Waals surface area contributed by atoms with Crippen molar-refractivity contribution in [1.82, 2.24) is 9.99 Å². The molecule has 0 saturated carbocycles. The summed E-state index contributed by atoms with van der Waals surface area (Å²) in [5.74, 6) is 0.564. The minimum atomic E-state index is -0.169. The number of nitrogens with zero attached hydrogens (tertiary/aromatic N) is 2. The highest BCUT2D eigenvalue weighted by molar-refractivity contribution is 5.84. The van der Waals surface area contributed by atoms with Crippen LogP contribution in [0.25, 0.3) is 5.69 Å². The molecule has 0 spiro atoms. The minimum absolute atomic E-state index is 0.169. The van der Waals surface area contributed by atoms with Crippen LogP contribution in [0.2, 0.25) is 0 Å². The van der Waals surface area contributed by atoms with E-state index in [0.717, 1.165) is 34.0 Å². The summed E-state index contributed by atoms with van der Waals surface area (Å²) in [6, 6.07) is 17.9. The SMILES string of the molecule is COc1cccc(CC(=O)N/N=C/c2cc(C)n(-c3cccc(C)c3)c2C)c1. The van der Waals surface area contributed by atoms with Crippen LogP contribution in [0.5, 0.6) is 5.75 Å². The van der Waals surface area contributed by atoms with Gasteiger partial charge in [0.1, 0.15) is 5.75 Å². The lowest BCUT2D eigenvalue weighted by molar-refractivity contribution is -0.120. The third kappa shape index (κ3) is 4.49. The Labute approximate surface area is 165 Å². The van der Waals surface area contributed by atoms with Crippen molar-refractivity contribution in [3.63, 3.8) is 0 Å². The van der Waals surface area contributed by atoms with E-state index in [-0.39, 0.29) is 12.3 Å². The fourth-order valence-corrected chi connectivity index (χ4v) is 3.26. The molecule has 0 fully saturated rings. The minimum Gasteiger partial charge on any atom is -0.497 e. The number of carbonyl (C=O) groups is 1. The molecule has 2 aromatic carbocycles. The summed E-state index contributed by atoms with van der Waals surface area (Å²) in [5, 5.41) is 4.14. The fourth-order valence-electron chi connectivity index (χ4n) is 3.26. The lowest BCUT2D eigenvalue weighted by Crippen LogP contribution is -2.19. The molecule has 28 heavy (non-hydrogen) atoms. The monoisotopic (exact) mass is 375 g/mol. The van der Waals surface area contributed by atoms with Crippen molar-refractivity contribution in [3.05, 3.63) is 82.7 Å². The first kappa shape index (κ1) is 19.4. The van der Waals surface area contributed by atoms with Gasteiger partial charge in [-0.05, 0) is 62.2 Å². The van der Waals surface area contributed by atoms with Gasteiger partial charge in [-0.15, -0.1) is 0 Å². The van der Waals surface area contributed by atoms with E-state index >= 15 is 0 Å². The molecule has 144 valence electrons. The Morgan fingerprint density at radius 3 is 2.64 bits per heavy atom. The van der Waals surface area contributed by atoms with Crippen LogP contribution in [0.1, 0.15) is 28.1 Å². The number of ether oxygens (including phenoxy) is 1. The summed E-state index contributed by atoms with van der Waals surface area (Å²) >= 11 is 0. The molecule has 0 aliphatic heterocycles. The second-order valence-corrected chi connectivity index (χ2v) is 6.82. The highest BCUT2D eigenvalue weighted by Gasteiger charge is 2.10. The first-order valence-electron chi connectivity index (χ1n) is 9.18. The second kappa shape index (κ2) is 8.57. The largest absolute Gasteiger partial charge is 0.497 e. The Morgan fingerprint density at radius 2 is 1.89 bits per heavy atom. The summed E-state index contributed by atoms with van der Waals surface area (Å²) in [6.45, 7) is 6.20. The molecule has 0 atom stereocenters. The van der Waals surface area contributed by atoms with Gasteiger partial charge in [0.2, 0.25) is 5.91 Å². The van der Waals surface area contributed by atoms with E-state index in [1.165, 1.54) is 5.56 Å². The summed E-state index contributed by atoms with van der Waals surface area (Å²) in [4.78, 5) is 12.1. The number of aryl methyl sites for hydroxylation is 2. The number of nitrogens with one attached hydrogen (secondary N) is 1. The van der Waals surface area contributed by atoms with Crippen molar-refractivity contribution in [1.29, 1.82) is 0 Å². The summed E-state index contributed by atoms with van der Waals surface area (Å²) in [7, 11) is 1.61. The molecule has 1 aromatic heterocycles. The molecule has 0 bridgehead atoms. The van der Waals surface area contributed by atoms with Gasteiger partial charge >= 0.3 is 0 Å². The highest BCUT2D eigenvalue weighted by atomic mass is 16.5. The predicted octanol–water partition coefficient (Wildman–Crippen LogP) is 4.10. The van der Waals surface area contributed by atoms with Crippen LogP contribution in [0.15, 0.2) is 59.7 Å². The van der Waals surface area contributed by atoms with E-state index in [4.69, 9.17) is 4.74 Å². The molecule has 0 aliphatic carbocycles. The van der Waals surface area contributed by atoms with Crippen molar-refractivity contribution in [3.8, 4) is 11.4 Å².